The fourth-order valence-electron chi connectivity index (χ4n) is 1.37. The number of carbonyl (C=O) groups excluding carboxylic acids is 1. The fourth-order valence-corrected chi connectivity index (χ4v) is 1.37. The highest BCUT2D eigenvalue weighted by Crippen LogP contribution is 2.20. The quantitative estimate of drug-likeness (QED) is 0.208. The molecule has 0 aromatic heterocycles. The van der Waals surface area contributed by atoms with E-state index in [1.165, 1.54) is 0 Å². The van der Waals surface area contributed by atoms with Crippen LogP contribution in [0.5, 0.6) is 0 Å². The van der Waals surface area contributed by atoms with Gasteiger partial charge in [-0.2, -0.15) is 0 Å². The first-order valence-electron chi connectivity index (χ1n) is 5.55. The normalized spacial score (nSPS) is 34.5. The van der Waals surface area contributed by atoms with Crippen LogP contribution in [-0.2, 0) is 14.3 Å². The summed E-state index contributed by atoms with van der Waals surface area (Å²) in [6.07, 6.45) is -8.74. The Balaban J connectivity index is 2.44. The van der Waals surface area contributed by atoms with Crippen molar-refractivity contribution < 1.29 is 39.5 Å². The van der Waals surface area contributed by atoms with Crippen molar-refractivity contribution in [2.45, 2.75) is 44.6 Å². The number of aliphatic hydroxyl groups excluding tert-OH is 4. The standard InChI is InChI=1S/C10H17NO8/c1-4(2)11-19-10(16)17-3-5-6(12)7(13)8(14)9(15)18-5/h5-9,12-15H,3H2,1-2H3/t5-,6-,7+,8-,9?/m1/s1. The Morgan fingerprint density at radius 2 is 1.79 bits per heavy atom. The van der Waals surface area contributed by atoms with Crippen LogP contribution in [0.4, 0.5) is 4.79 Å². The number of carbonyl (C=O) groups is 1. The van der Waals surface area contributed by atoms with E-state index in [-0.39, 0.29) is 0 Å². The lowest BCUT2D eigenvalue weighted by Gasteiger charge is -2.37. The largest absolute Gasteiger partial charge is 0.535 e. The van der Waals surface area contributed by atoms with E-state index < -0.39 is 43.5 Å². The Labute approximate surface area is 109 Å². The molecule has 0 aromatic carbocycles. The average molecular weight is 279 g/mol. The molecule has 1 heterocycles. The topological polar surface area (TPSA) is 138 Å². The van der Waals surface area contributed by atoms with Crippen molar-refractivity contribution in [3.05, 3.63) is 0 Å². The van der Waals surface area contributed by atoms with E-state index in [9.17, 15) is 25.2 Å². The van der Waals surface area contributed by atoms with Gasteiger partial charge in [-0.15, -0.1) is 0 Å². The molecule has 0 spiro atoms. The average Bonchev–Trinajstić information content (AvgIpc) is 2.36. The van der Waals surface area contributed by atoms with E-state index in [0.29, 0.717) is 5.71 Å². The third-order valence-electron chi connectivity index (χ3n) is 2.36. The van der Waals surface area contributed by atoms with E-state index >= 15 is 0 Å². The highest BCUT2D eigenvalue weighted by Gasteiger charge is 2.43. The number of hydrogen-bond acceptors (Lipinski definition) is 9. The monoisotopic (exact) mass is 279 g/mol. The summed E-state index contributed by atoms with van der Waals surface area (Å²) in [6.45, 7) is 2.74. The predicted octanol–water partition coefficient (Wildman–Crippen LogP) is -1.66. The van der Waals surface area contributed by atoms with Crippen molar-refractivity contribution in [3.63, 3.8) is 0 Å². The number of nitrogens with zero attached hydrogens (tertiary/aromatic N) is 1. The zero-order chi connectivity index (χ0) is 14.6. The molecule has 0 aromatic rings. The molecule has 1 fully saturated rings. The van der Waals surface area contributed by atoms with Crippen molar-refractivity contribution in [2.24, 2.45) is 5.16 Å². The molecule has 9 nitrogen and oxygen atoms in total. The molecule has 1 saturated heterocycles. The molecular weight excluding hydrogens is 262 g/mol. The molecule has 0 radical (unpaired) electrons. The highest BCUT2D eigenvalue weighted by atomic mass is 16.8. The number of rotatable bonds is 3. The van der Waals surface area contributed by atoms with Crippen molar-refractivity contribution >= 4 is 11.9 Å². The van der Waals surface area contributed by atoms with Gasteiger partial charge in [0.1, 0.15) is 31.0 Å². The van der Waals surface area contributed by atoms with Crippen molar-refractivity contribution in [2.75, 3.05) is 6.61 Å². The Morgan fingerprint density at radius 1 is 1.16 bits per heavy atom. The van der Waals surface area contributed by atoms with Gasteiger partial charge < -0.3 is 29.9 Å². The van der Waals surface area contributed by atoms with E-state index in [1.807, 2.05) is 0 Å². The Kier molecular flexibility index (Phi) is 5.63. The SMILES string of the molecule is CC(C)=NOC(=O)OC[C@H]1OC(O)[C@H](O)[C@@H](O)[C@@H]1O. The zero-order valence-corrected chi connectivity index (χ0v) is 10.5. The summed E-state index contributed by atoms with van der Waals surface area (Å²) < 4.78 is 9.36. The Hall–Kier alpha value is -1.26. The number of oxime groups is 1. The van der Waals surface area contributed by atoms with Crippen LogP contribution in [0, 0.1) is 0 Å². The first kappa shape index (κ1) is 15.8. The molecule has 0 saturated carbocycles. The van der Waals surface area contributed by atoms with Gasteiger partial charge in [0.2, 0.25) is 0 Å². The molecule has 0 aliphatic carbocycles. The number of ether oxygens (including phenoxy) is 2. The summed E-state index contributed by atoms with van der Waals surface area (Å²) in [6, 6.07) is 0. The van der Waals surface area contributed by atoms with Crippen LogP contribution < -0.4 is 0 Å². The van der Waals surface area contributed by atoms with Crippen LogP contribution in [0.3, 0.4) is 0 Å². The van der Waals surface area contributed by atoms with Gasteiger partial charge >= 0.3 is 6.16 Å². The smallest absolute Gasteiger partial charge is 0.430 e. The minimum atomic E-state index is -1.68. The summed E-state index contributed by atoms with van der Waals surface area (Å²) in [4.78, 5) is 15.4. The number of hydrogen-bond donors (Lipinski definition) is 4. The molecule has 9 heteroatoms. The van der Waals surface area contributed by atoms with Crippen LogP contribution in [0.2, 0.25) is 0 Å². The van der Waals surface area contributed by atoms with Crippen molar-refractivity contribution in [1.82, 2.24) is 0 Å². The Bertz CT molecular complexity index is 342. The van der Waals surface area contributed by atoms with E-state index in [1.54, 1.807) is 13.8 Å². The lowest BCUT2D eigenvalue weighted by atomic mass is 9.99. The molecule has 4 N–H and O–H groups in total. The summed E-state index contributed by atoms with van der Waals surface area (Å²) >= 11 is 0. The molecule has 1 unspecified atom stereocenters. The van der Waals surface area contributed by atoms with E-state index in [0.717, 1.165) is 0 Å². The second-order valence-corrected chi connectivity index (χ2v) is 4.23. The summed E-state index contributed by atoms with van der Waals surface area (Å²) in [5.74, 6) is 0. The minimum absolute atomic E-state index is 0.473. The van der Waals surface area contributed by atoms with Gasteiger partial charge in [0.05, 0.1) is 5.71 Å². The molecule has 1 aliphatic rings. The van der Waals surface area contributed by atoms with Crippen LogP contribution in [0.15, 0.2) is 5.16 Å². The molecule has 0 bridgehead atoms. The predicted molar refractivity (Wildman–Crippen MR) is 60.1 cm³/mol. The van der Waals surface area contributed by atoms with Gasteiger partial charge in [0.25, 0.3) is 0 Å². The summed E-state index contributed by atoms with van der Waals surface area (Å²) in [5, 5.41) is 40.8. The van der Waals surface area contributed by atoms with Gasteiger partial charge in [0, 0.05) is 0 Å². The molecule has 0 amide bonds. The minimum Gasteiger partial charge on any atom is -0.430 e. The van der Waals surface area contributed by atoms with E-state index in [2.05, 4.69) is 14.7 Å². The fraction of sp³-hybridized carbons (Fsp3) is 0.800. The maximum atomic E-state index is 11.1. The lowest BCUT2D eigenvalue weighted by Crippen LogP contribution is -2.58. The molecule has 110 valence electrons. The van der Waals surface area contributed by atoms with Crippen LogP contribution >= 0.6 is 0 Å². The number of aliphatic hydroxyl groups is 4. The van der Waals surface area contributed by atoms with Crippen LogP contribution in [0.1, 0.15) is 13.8 Å². The third-order valence-corrected chi connectivity index (χ3v) is 2.36. The maximum absolute atomic E-state index is 11.1. The highest BCUT2D eigenvalue weighted by molar-refractivity contribution is 5.79. The van der Waals surface area contributed by atoms with Crippen LogP contribution in [-0.4, -0.2) is 69.6 Å². The molecule has 19 heavy (non-hydrogen) atoms. The second kappa shape index (κ2) is 6.78. The Morgan fingerprint density at radius 3 is 2.37 bits per heavy atom. The second-order valence-electron chi connectivity index (χ2n) is 4.23. The third kappa shape index (κ3) is 4.40. The van der Waals surface area contributed by atoms with Gasteiger partial charge in [-0.05, 0) is 13.8 Å². The molecule has 1 rings (SSSR count). The molecular formula is C10H17NO8. The van der Waals surface area contributed by atoms with Gasteiger partial charge in [-0.1, -0.05) is 5.16 Å². The summed E-state index contributed by atoms with van der Waals surface area (Å²) in [5.41, 5.74) is 0.500. The van der Waals surface area contributed by atoms with Gasteiger partial charge in [-0.25, -0.2) is 4.79 Å². The van der Waals surface area contributed by atoms with Crippen LogP contribution in [0.25, 0.3) is 0 Å². The summed E-state index contributed by atoms with van der Waals surface area (Å²) in [7, 11) is 0. The first-order chi connectivity index (χ1) is 8.82. The lowest BCUT2D eigenvalue weighted by molar-refractivity contribution is -0.286. The molecule has 1 aliphatic heterocycles. The van der Waals surface area contributed by atoms with Gasteiger partial charge in [0.15, 0.2) is 6.29 Å². The van der Waals surface area contributed by atoms with Crippen molar-refractivity contribution in [1.29, 1.82) is 0 Å². The van der Waals surface area contributed by atoms with Crippen molar-refractivity contribution in [3.8, 4) is 0 Å². The molecule has 5 atom stereocenters. The van der Waals surface area contributed by atoms with E-state index in [4.69, 9.17) is 4.74 Å². The maximum Gasteiger partial charge on any atom is 0.535 e. The zero-order valence-electron chi connectivity index (χ0n) is 10.5. The first-order valence-corrected chi connectivity index (χ1v) is 5.55. The van der Waals surface area contributed by atoms with Gasteiger partial charge in [-0.3, -0.25) is 4.84 Å².